The van der Waals surface area contributed by atoms with Gasteiger partial charge in [-0.1, -0.05) is 0 Å². The third kappa shape index (κ3) is 2.05. The van der Waals surface area contributed by atoms with Gasteiger partial charge in [-0.3, -0.25) is 4.79 Å². The first-order valence-electron chi connectivity index (χ1n) is 6.98. The summed E-state index contributed by atoms with van der Waals surface area (Å²) in [6.45, 7) is 1.54. The number of nitrogens with zero attached hydrogens (tertiary/aromatic N) is 2. The first-order chi connectivity index (χ1) is 10.2. The molecule has 1 saturated heterocycles. The monoisotopic (exact) mass is 289 g/mol. The summed E-state index contributed by atoms with van der Waals surface area (Å²) in [5, 5.41) is 9.16. The van der Waals surface area contributed by atoms with Crippen molar-refractivity contribution in [2.75, 3.05) is 24.8 Å². The van der Waals surface area contributed by atoms with Crippen molar-refractivity contribution >= 4 is 23.0 Å². The number of hydrogen-bond donors (Lipinski definition) is 2. The lowest BCUT2D eigenvalue weighted by Crippen LogP contribution is -2.39. The van der Waals surface area contributed by atoms with Crippen LogP contribution in [-0.2, 0) is 4.79 Å². The molecule has 0 spiro atoms. The maximum absolute atomic E-state index is 11.1. The fraction of sp³-hybridized carbons (Fsp3) is 0.429. The van der Waals surface area contributed by atoms with Crippen molar-refractivity contribution in [3.05, 3.63) is 12.1 Å². The lowest BCUT2D eigenvalue weighted by atomic mass is 9.99. The van der Waals surface area contributed by atoms with Crippen LogP contribution < -0.4 is 14.4 Å². The maximum atomic E-state index is 11.1. The van der Waals surface area contributed by atoms with Crippen molar-refractivity contribution in [2.45, 2.75) is 12.8 Å². The minimum absolute atomic E-state index is 0.237. The largest absolute Gasteiger partial charge is 0.481 e. The van der Waals surface area contributed by atoms with Crippen LogP contribution in [0.1, 0.15) is 12.8 Å². The molecule has 21 heavy (non-hydrogen) atoms. The standard InChI is InChI=1S/C14H15N3O4/c18-13(19)8-2-1-3-17(6-8)14-15-9-4-11-12(21-7-20-11)5-10(9)16-14/h4-5,8H,1-3,6-7H2,(H,15,16)(H,18,19). The molecule has 1 aromatic carbocycles. The van der Waals surface area contributed by atoms with Crippen LogP contribution in [0.5, 0.6) is 11.5 Å². The van der Waals surface area contributed by atoms with Crippen LogP contribution in [0, 0.1) is 5.92 Å². The third-order valence-corrected chi connectivity index (χ3v) is 4.03. The second-order valence-corrected chi connectivity index (χ2v) is 5.41. The van der Waals surface area contributed by atoms with Crippen LogP contribution >= 0.6 is 0 Å². The lowest BCUT2D eigenvalue weighted by molar-refractivity contribution is -0.141. The van der Waals surface area contributed by atoms with E-state index in [1.54, 1.807) is 0 Å². The average molecular weight is 289 g/mol. The smallest absolute Gasteiger partial charge is 0.308 e. The van der Waals surface area contributed by atoms with E-state index in [1.807, 2.05) is 17.0 Å². The minimum atomic E-state index is -0.739. The second-order valence-electron chi connectivity index (χ2n) is 5.41. The summed E-state index contributed by atoms with van der Waals surface area (Å²) in [7, 11) is 0. The van der Waals surface area contributed by atoms with Gasteiger partial charge >= 0.3 is 5.97 Å². The van der Waals surface area contributed by atoms with Gasteiger partial charge in [0.05, 0.1) is 17.0 Å². The van der Waals surface area contributed by atoms with Crippen molar-refractivity contribution in [1.82, 2.24) is 9.97 Å². The van der Waals surface area contributed by atoms with E-state index in [0.717, 1.165) is 30.4 Å². The number of aliphatic carboxylic acids is 1. The Kier molecular flexibility index (Phi) is 2.66. The molecular formula is C14H15N3O4. The Morgan fingerprint density at radius 2 is 2.19 bits per heavy atom. The molecule has 2 aromatic rings. The molecule has 0 bridgehead atoms. The normalized spacial score (nSPS) is 21.0. The predicted molar refractivity (Wildman–Crippen MR) is 74.8 cm³/mol. The molecule has 110 valence electrons. The summed E-state index contributed by atoms with van der Waals surface area (Å²) in [6, 6.07) is 3.71. The van der Waals surface area contributed by atoms with Crippen molar-refractivity contribution < 1.29 is 19.4 Å². The number of nitrogens with one attached hydrogen (secondary N) is 1. The van der Waals surface area contributed by atoms with Crippen molar-refractivity contribution in [3.8, 4) is 11.5 Å². The summed E-state index contributed by atoms with van der Waals surface area (Å²) >= 11 is 0. The number of benzene rings is 1. The lowest BCUT2D eigenvalue weighted by Gasteiger charge is -2.30. The Morgan fingerprint density at radius 3 is 3.00 bits per heavy atom. The minimum Gasteiger partial charge on any atom is -0.481 e. The van der Waals surface area contributed by atoms with E-state index in [-0.39, 0.29) is 12.7 Å². The SMILES string of the molecule is O=C(O)C1CCCN(c2nc3cc4c(cc3[nH]2)OCO4)C1. The highest BCUT2D eigenvalue weighted by molar-refractivity contribution is 5.82. The number of carboxylic acid groups (broad SMARTS) is 1. The highest BCUT2D eigenvalue weighted by atomic mass is 16.7. The number of carboxylic acids is 1. The van der Waals surface area contributed by atoms with Crippen LogP contribution in [0.3, 0.4) is 0 Å². The molecule has 4 rings (SSSR count). The van der Waals surface area contributed by atoms with Gasteiger partial charge in [0, 0.05) is 25.2 Å². The Bertz CT molecular complexity index is 671. The van der Waals surface area contributed by atoms with Crippen LogP contribution in [0.2, 0.25) is 0 Å². The van der Waals surface area contributed by atoms with Crippen molar-refractivity contribution in [3.63, 3.8) is 0 Å². The number of aromatic nitrogens is 2. The van der Waals surface area contributed by atoms with Gasteiger partial charge in [0.1, 0.15) is 0 Å². The summed E-state index contributed by atoms with van der Waals surface area (Å²) in [5.74, 6) is 1.04. The van der Waals surface area contributed by atoms with Gasteiger partial charge in [-0.2, -0.15) is 0 Å². The van der Waals surface area contributed by atoms with E-state index in [2.05, 4.69) is 9.97 Å². The molecule has 0 radical (unpaired) electrons. The van der Waals surface area contributed by atoms with Crippen molar-refractivity contribution in [2.24, 2.45) is 5.92 Å². The van der Waals surface area contributed by atoms with E-state index < -0.39 is 5.97 Å². The average Bonchev–Trinajstić information content (AvgIpc) is 3.10. The molecule has 1 fully saturated rings. The highest BCUT2D eigenvalue weighted by Gasteiger charge is 2.27. The number of ether oxygens (including phenoxy) is 2. The van der Waals surface area contributed by atoms with Gasteiger partial charge < -0.3 is 24.5 Å². The van der Waals surface area contributed by atoms with E-state index in [9.17, 15) is 4.79 Å². The van der Waals surface area contributed by atoms with E-state index >= 15 is 0 Å². The van der Waals surface area contributed by atoms with Gasteiger partial charge in [0.25, 0.3) is 0 Å². The Hall–Kier alpha value is -2.44. The number of fused-ring (bicyclic) bond motifs is 2. The van der Waals surface area contributed by atoms with Crippen molar-refractivity contribution in [1.29, 1.82) is 0 Å². The topological polar surface area (TPSA) is 87.7 Å². The van der Waals surface area contributed by atoms with Gasteiger partial charge in [-0.15, -0.1) is 0 Å². The number of carbonyl (C=O) groups is 1. The molecule has 7 heteroatoms. The van der Waals surface area contributed by atoms with E-state index in [0.29, 0.717) is 24.0 Å². The zero-order chi connectivity index (χ0) is 14.4. The predicted octanol–water partition coefficient (Wildman–Crippen LogP) is 1.59. The van der Waals surface area contributed by atoms with E-state index in [4.69, 9.17) is 14.6 Å². The molecule has 0 aliphatic carbocycles. The van der Waals surface area contributed by atoms with Gasteiger partial charge in [0.15, 0.2) is 11.5 Å². The van der Waals surface area contributed by atoms with Crippen LogP contribution in [0.15, 0.2) is 12.1 Å². The fourth-order valence-electron chi connectivity index (χ4n) is 2.91. The molecule has 2 N–H and O–H groups in total. The van der Waals surface area contributed by atoms with Crippen LogP contribution in [-0.4, -0.2) is 40.9 Å². The molecule has 1 aromatic heterocycles. The molecular weight excluding hydrogens is 274 g/mol. The number of H-pyrrole nitrogens is 1. The van der Waals surface area contributed by atoms with Gasteiger partial charge in [-0.05, 0) is 12.8 Å². The number of rotatable bonds is 2. The molecule has 1 unspecified atom stereocenters. The molecule has 1 atom stereocenters. The quantitative estimate of drug-likeness (QED) is 0.873. The maximum Gasteiger partial charge on any atom is 0.308 e. The number of anilines is 1. The van der Waals surface area contributed by atoms with Gasteiger partial charge in [0.2, 0.25) is 12.7 Å². The number of piperidine rings is 1. The summed E-state index contributed by atoms with van der Waals surface area (Å²) in [6.07, 6.45) is 1.58. The molecule has 3 heterocycles. The second kappa shape index (κ2) is 4.54. The molecule has 7 nitrogen and oxygen atoms in total. The Labute approximate surface area is 120 Å². The number of imidazole rings is 1. The zero-order valence-corrected chi connectivity index (χ0v) is 11.3. The highest BCUT2D eigenvalue weighted by Crippen LogP contribution is 2.36. The number of hydrogen-bond acceptors (Lipinski definition) is 5. The third-order valence-electron chi connectivity index (χ3n) is 4.03. The zero-order valence-electron chi connectivity index (χ0n) is 11.3. The summed E-state index contributed by atoms with van der Waals surface area (Å²) < 4.78 is 10.7. The fourth-order valence-corrected chi connectivity index (χ4v) is 2.91. The van der Waals surface area contributed by atoms with Crippen LogP contribution in [0.25, 0.3) is 11.0 Å². The first-order valence-corrected chi connectivity index (χ1v) is 6.98. The summed E-state index contributed by atoms with van der Waals surface area (Å²) in [5.41, 5.74) is 1.67. The van der Waals surface area contributed by atoms with Gasteiger partial charge in [-0.25, -0.2) is 4.98 Å². The molecule has 2 aliphatic heterocycles. The first kappa shape index (κ1) is 12.3. The Morgan fingerprint density at radius 1 is 1.38 bits per heavy atom. The molecule has 0 saturated carbocycles. The molecule has 0 amide bonds. The van der Waals surface area contributed by atoms with Crippen LogP contribution in [0.4, 0.5) is 5.95 Å². The summed E-state index contributed by atoms with van der Waals surface area (Å²) in [4.78, 5) is 20.9. The molecule has 2 aliphatic rings. The number of aromatic amines is 1. The van der Waals surface area contributed by atoms with E-state index in [1.165, 1.54) is 0 Å². The Balaban J connectivity index is 1.66.